The van der Waals surface area contributed by atoms with Crippen molar-refractivity contribution in [1.82, 2.24) is 14.0 Å². The number of nitrogens with zero attached hydrogens (tertiary/aromatic N) is 3. The lowest BCUT2D eigenvalue weighted by molar-refractivity contribution is 0.510. The zero-order chi connectivity index (χ0) is 25.3. The van der Waals surface area contributed by atoms with Gasteiger partial charge in [-0.2, -0.15) is 0 Å². The molecule has 0 saturated heterocycles. The maximum absolute atomic E-state index is 14.5. The minimum atomic E-state index is -0.931. The standard InChI is InChI=1S/C31H16ClF2N3O/c32-19-11-18-17-3-1-2-4-27(17)38-28(18)14-25(19)36-23-9-7-15-5-6-16-8-10-24(30(23)29(15)16)37-26-13-21(34)20(33)12-22(26)35-31(36)37/h1-4,7-14H,5-6H2. The van der Waals surface area contributed by atoms with Crippen LogP contribution < -0.4 is 0 Å². The number of halogens is 3. The molecule has 38 heavy (non-hydrogen) atoms. The van der Waals surface area contributed by atoms with Gasteiger partial charge in [0.25, 0.3) is 0 Å². The topological polar surface area (TPSA) is 35.4 Å². The number of benzene rings is 5. The first kappa shape index (κ1) is 20.6. The molecule has 182 valence electrons. The third kappa shape index (κ3) is 2.46. The molecule has 0 saturated carbocycles. The second-order valence-corrected chi connectivity index (χ2v) is 10.4. The van der Waals surface area contributed by atoms with E-state index in [1.54, 1.807) is 0 Å². The molecule has 3 aromatic heterocycles. The van der Waals surface area contributed by atoms with Crippen molar-refractivity contribution >= 4 is 72.2 Å². The Morgan fingerprint density at radius 2 is 1.50 bits per heavy atom. The Kier molecular flexibility index (Phi) is 3.75. The van der Waals surface area contributed by atoms with Crippen LogP contribution in [0.15, 0.2) is 77.2 Å². The fraction of sp³-hybridized carbons (Fsp3) is 0.0645. The van der Waals surface area contributed by atoms with Crippen molar-refractivity contribution in [3.63, 3.8) is 0 Å². The summed E-state index contributed by atoms with van der Waals surface area (Å²) < 4.78 is 38.9. The number of hydrogen-bond acceptors (Lipinski definition) is 2. The summed E-state index contributed by atoms with van der Waals surface area (Å²) in [6, 6.07) is 22.5. The predicted octanol–water partition coefficient (Wildman–Crippen LogP) is 8.51. The number of aryl methyl sites for hydroxylation is 2. The van der Waals surface area contributed by atoms with E-state index >= 15 is 0 Å². The van der Waals surface area contributed by atoms with E-state index in [2.05, 4.69) is 24.3 Å². The van der Waals surface area contributed by atoms with E-state index in [1.807, 2.05) is 45.4 Å². The van der Waals surface area contributed by atoms with Crippen molar-refractivity contribution in [1.29, 1.82) is 0 Å². The molecule has 0 atom stereocenters. The highest BCUT2D eigenvalue weighted by Crippen LogP contribution is 2.42. The van der Waals surface area contributed by atoms with Gasteiger partial charge in [0.15, 0.2) is 11.6 Å². The molecule has 3 heterocycles. The minimum Gasteiger partial charge on any atom is -0.456 e. The Bertz CT molecular complexity index is 2330. The van der Waals surface area contributed by atoms with Crippen LogP contribution in [0.3, 0.4) is 0 Å². The molecule has 5 aromatic carbocycles. The lowest BCUT2D eigenvalue weighted by Gasteiger charge is -2.19. The number of aromatic nitrogens is 3. The van der Waals surface area contributed by atoms with Gasteiger partial charge in [-0.25, -0.2) is 13.8 Å². The molecule has 0 radical (unpaired) electrons. The van der Waals surface area contributed by atoms with Crippen molar-refractivity contribution in [2.75, 3.05) is 0 Å². The maximum Gasteiger partial charge on any atom is 0.220 e. The van der Waals surface area contributed by atoms with Crippen LogP contribution in [0.5, 0.6) is 0 Å². The van der Waals surface area contributed by atoms with Gasteiger partial charge in [-0.15, -0.1) is 0 Å². The van der Waals surface area contributed by atoms with Crippen molar-refractivity contribution < 1.29 is 13.2 Å². The van der Waals surface area contributed by atoms with Gasteiger partial charge in [0.05, 0.1) is 32.8 Å². The summed E-state index contributed by atoms with van der Waals surface area (Å²) in [6.45, 7) is 0. The molecule has 0 fully saturated rings. The lowest BCUT2D eigenvalue weighted by atomic mass is 10.0. The molecular weight excluding hydrogens is 504 g/mol. The van der Waals surface area contributed by atoms with Crippen molar-refractivity contribution in [2.45, 2.75) is 12.8 Å². The Morgan fingerprint density at radius 1 is 0.737 bits per heavy atom. The van der Waals surface area contributed by atoms with Gasteiger partial charge in [-0.1, -0.05) is 41.9 Å². The van der Waals surface area contributed by atoms with Crippen LogP contribution in [0.4, 0.5) is 8.78 Å². The quantitative estimate of drug-likeness (QED) is 0.218. The minimum absolute atomic E-state index is 0.366. The Morgan fingerprint density at radius 3 is 2.34 bits per heavy atom. The Hall–Kier alpha value is -4.42. The third-order valence-electron chi connectivity index (χ3n) is 8.00. The van der Waals surface area contributed by atoms with E-state index in [-0.39, 0.29) is 0 Å². The highest BCUT2D eigenvalue weighted by Gasteiger charge is 2.25. The number of para-hydroxylation sites is 1. The van der Waals surface area contributed by atoms with Crippen LogP contribution >= 0.6 is 11.6 Å². The van der Waals surface area contributed by atoms with Crippen molar-refractivity contribution in [3.8, 4) is 5.69 Å². The van der Waals surface area contributed by atoms with Gasteiger partial charge in [0, 0.05) is 34.4 Å². The molecule has 8 aromatic rings. The molecule has 9 rings (SSSR count). The maximum atomic E-state index is 14.5. The molecule has 1 aliphatic rings. The van der Waals surface area contributed by atoms with E-state index in [1.165, 1.54) is 22.6 Å². The monoisotopic (exact) mass is 519 g/mol. The van der Waals surface area contributed by atoms with Crippen LogP contribution in [0.1, 0.15) is 11.1 Å². The molecule has 7 heteroatoms. The molecule has 4 nitrogen and oxygen atoms in total. The molecular formula is C31H16ClF2N3O. The van der Waals surface area contributed by atoms with E-state index in [9.17, 15) is 8.78 Å². The number of furan rings is 1. The summed E-state index contributed by atoms with van der Waals surface area (Å²) in [6.07, 6.45) is 1.94. The van der Waals surface area contributed by atoms with E-state index < -0.39 is 11.6 Å². The van der Waals surface area contributed by atoms with Gasteiger partial charge >= 0.3 is 0 Å². The highest BCUT2D eigenvalue weighted by molar-refractivity contribution is 6.34. The SMILES string of the molecule is Fc1cc2nc3n(-c4cc5oc6ccccc6c5cc4Cl)c4ccc5c6c(ccc(c64)n3c2cc1F)CC5. The average Bonchev–Trinajstić information content (AvgIpc) is 3.61. The summed E-state index contributed by atoms with van der Waals surface area (Å²) in [7, 11) is 0. The van der Waals surface area contributed by atoms with E-state index in [0.29, 0.717) is 33.1 Å². The van der Waals surface area contributed by atoms with Gasteiger partial charge in [-0.3, -0.25) is 8.97 Å². The van der Waals surface area contributed by atoms with E-state index in [4.69, 9.17) is 21.0 Å². The average molecular weight is 520 g/mol. The summed E-state index contributed by atoms with van der Waals surface area (Å²) in [4.78, 5) is 4.82. The van der Waals surface area contributed by atoms with Crippen molar-refractivity contribution in [2.24, 2.45) is 0 Å². The second kappa shape index (κ2) is 6.91. The van der Waals surface area contributed by atoms with Crippen LogP contribution in [0.2, 0.25) is 5.02 Å². The molecule has 0 aliphatic heterocycles. The first-order chi connectivity index (χ1) is 18.6. The van der Waals surface area contributed by atoms with Crippen LogP contribution in [0, 0.1) is 11.6 Å². The first-order valence-corrected chi connectivity index (χ1v) is 12.8. The van der Waals surface area contributed by atoms with Crippen molar-refractivity contribution in [3.05, 3.63) is 101 Å². The smallest absolute Gasteiger partial charge is 0.220 e. The molecule has 1 aliphatic carbocycles. The largest absolute Gasteiger partial charge is 0.456 e. The van der Waals surface area contributed by atoms with E-state index in [0.717, 1.165) is 51.7 Å². The zero-order valence-corrected chi connectivity index (χ0v) is 20.5. The van der Waals surface area contributed by atoms with Gasteiger partial charge < -0.3 is 4.42 Å². The fourth-order valence-electron chi connectivity index (χ4n) is 6.36. The number of rotatable bonds is 1. The van der Waals surface area contributed by atoms with Gasteiger partial charge in [0.1, 0.15) is 11.2 Å². The summed E-state index contributed by atoms with van der Waals surface area (Å²) in [5.41, 5.74) is 7.39. The predicted molar refractivity (Wildman–Crippen MR) is 147 cm³/mol. The van der Waals surface area contributed by atoms with Crippen LogP contribution in [-0.4, -0.2) is 14.0 Å². The van der Waals surface area contributed by atoms with Gasteiger partial charge in [0.2, 0.25) is 5.78 Å². The fourth-order valence-corrected chi connectivity index (χ4v) is 6.61. The highest BCUT2D eigenvalue weighted by atomic mass is 35.5. The Labute approximate surface area is 218 Å². The Balaban J connectivity index is 1.53. The normalized spacial score (nSPS) is 13.4. The molecule has 0 unspecified atom stereocenters. The second-order valence-electron chi connectivity index (χ2n) is 9.97. The third-order valence-corrected chi connectivity index (χ3v) is 8.30. The first-order valence-electron chi connectivity index (χ1n) is 12.4. The summed E-state index contributed by atoms with van der Waals surface area (Å²) >= 11 is 7.01. The number of imidazole rings is 1. The molecule has 0 N–H and O–H groups in total. The number of fused-ring (bicyclic) bond motifs is 7. The summed E-state index contributed by atoms with van der Waals surface area (Å²) in [5.74, 6) is -1.33. The molecule has 0 amide bonds. The molecule has 0 bridgehead atoms. The zero-order valence-electron chi connectivity index (χ0n) is 19.7. The van der Waals surface area contributed by atoms with Crippen LogP contribution in [-0.2, 0) is 12.8 Å². The lowest BCUT2D eigenvalue weighted by Crippen LogP contribution is -2.06. The van der Waals surface area contributed by atoms with Gasteiger partial charge in [-0.05, 0) is 53.6 Å². The van der Waals surface area contributed by atoms with Crippen LogP contribution in [0.25, 0.3) is 66.2 Å². The summed E-state index contributed by atoms with van der Waals surface area (Å²) in [5, 5.41) is 4.69. The molecule has 0 spiro atoms. The number of hydrogen-bond donors (Lipinski definition) is 0.